The third-order valence-electron chi connectivity index (χ3n) is 2.86. The number of nitrogens with zero attached hydrogens (tertiary/aromatic N) is 1. The molecule has 0 fully saturated rings. The molecule has 2 aromatic rings. The van der Waals surface area contributed by atoms with Crippen molar-refractivity contribution in [1.29, 1.82) is 0 Å². The largest absolute Gasteiger partial charge is 0.248 e. The highest BCUT2D eigenvalue weighted by Crippen LogP contribution is 2.13. The molecule has 0 saturated heterocycles. The molecule has 1 aromatic carbocycles. The third kappa shape index (κ3) is 2.48. The molecule has 0 saturated carbocycles. The van der Waals surface area contributed by atoms with Crippen LogP contribution in [0.25, 0.3) is 17.0 Å². The van der Waals surface area contributed by atoms with E-state index < -0.39 is 0 Å². The molecular formula is C15H17N. The molecule has 1 unspecified atom stereocenters. The molecule has 82 valence electrons. The fourth-order valence-electron chi connectivity index (χ4n) is 1.57. The van der Waals surface area contributed by atoms with E-state index in [0.29, 0.717) is 5.92 Å². The Labute approximate surface area is 96.8 Å². The summed E-state index contributed by atoms with van der Waals surface area (Å²) < 4.78 is 0. The van der Waals surface area contributed by atoms with Gasteiger partial charge in [0.1, 0.15) is 0 Å². The van der Waals surface area contributed by atoms with Crippen molar-refractivity contribution in [2.24, 2.45) is 5.92 Å². The van der Waals surface area contributed by atoms with Gasteiger partial charge in [0.2, 0.25) is 0 Å². The van der Waals surface area contributed by atoms with Gasteiger partial charge in [-0.1, -0.05) is 50.6 Å². The van der Waals surface area contributed by atoms with Gasteiger partial charge in [0, 0.05) is 5.39 Å². The molecule has 1 nitrogen and oxygen atoms in total. The maximum atomic E-state index is 4.59. The van der Waals surface area contributed by atoms with Crippen LogP contribution in [0.4, 0.5) is 0 Å². The molecule has 0 amide bonds. The van der Waals surface area contributed by atoms with Crippen molar-refractivity contribution in [3.8, 4) is 0 Å². The lowest BCUT2D eigenvalue weighted by Gasteiger charge is -2.01. The minimum atomic E-state index is 0.619. The van der Waals surface area contributed by atoms with E-state index in [2.05, 4.69) is 55.2 Å². The molecule has 0 radical (unpaired) electrons. The van der Waals surface area contributed by atoms with Gasteiger partial charge in [-0.15, -0.1) is 0 Å². The van der Waals surface area contributed by atoms with E-state index in [4.69, 9.17) is 0 Å². The Bertz CT molecular complexity index is 500. The molecule has 0 N–H and O–H groups in total. The maximum Gasteiger partial charge on any atom is 0.0709 e. The second-order valence-electron chi connectivity index (χ2n) is 4.17. The maximum absolute atomic E-state index is 4.59. The van der Waals surface area contributed by atoms with Crippen molar-refractivity contribution in [2.75, 3.05) is 0 Å². The fourth-order valence-corrected chi connectivity index (χ4v) is 1.57. The Morgan fingerprint density at radius 3 is 2.81 bits per heavy atom. The lowest BCUT2D eigenvalue weighted by molar-refractivity contribution is 0.701. The first kappa shape index (κ1) is 10.9. The van der Waals surface area contributed by atoms with Gasteiger partial charge in [-0.25, -0.2) is 4.98 Å². The summed E-state index contributed by atoms with van der Waals surface area (Å²) in [5.74, 6) is 0.619. The zero-order valence-corrected chi connectivity index (χ0v) is 9.85. The highest BCUT2D eigenvalue weighted by atomic mass is 14.7. The summed E-state index contributed by atoms with van der Waals surface area (Å²) in [6.45, 7) is 4.42. The number of hydrogen-bond acceptors (Lipinski definition) is 1. The Morgan fingerprint density at radius 2 is 2.00 bits per heavy atom. The number of fused-ring (bicyclic) bond motifs is 1. The molecule has 2 rings (SSSR count). The lowest BCUT2D eigenvalue weighted by Crippen LogP contribution is -1.86. The monoisotopic (exact) mass is 211 g/mol. The average Bonchev–Trinajstić information content (AvgIpc) is 2.35. The number of benzene rings is 1. The van der Waals surface area contributed by atoms with Gasteiger partial charge < -0.3 is 0 Å². The second-order valence-corrected chi connectivity index (χ2v) is 4.17. The number of hydrogen-bond donors (Lipinski definition) is 0. The van der Waals surface area contributed by atoms with Gasteiger partial charge in [-0.05, 0) is 24.1 Å². The van der Waals surface area contributed by atoms with E-state index in [-0.39, 0.29) is 0 Å². The molecule has 1 aromatic heterocycles. The standard InChI is InChI=1S/C15H17N/c1-3-12(2)8-10-14-11-9-13-6-4-5-7-15(13)16-14/h4-12H,3H2,1-2H3/b10-8+. The summed E-state index contributed by atoms with van der Waals surface area (Å²) in [6.07, 6.45) is 5.50. The van der Waals surface area contributed by atoms with Crippen molar-refractivity contribution in [1.82, 2.24) is 4.98 Å². The molecule has 0 aliphatic carbocycles. The van der Waals surface area contributed by atoms with Crippen molar-refractivity contribution in [3.63, 3.8) is 0 Å². The van der Waals surface area contributed by atoms with Gasteiger partial charge >= 0.3 is 0 Å². The van der Waals surface area contributed by atoms with Crippen molar-refractivity contribution in [2.45, 2.75) is 20.3 Å². The summed E-state index contributed by atoms with van der Waals surface area (Å²) >= 11 is 0. The van der Waals surface area contributed by atoms with E-state index in [9.17, 15) is 0 Å². The molecule has 1 heterocycles. The molecule has 1 atom stereocenters. The van der Waals surface area contributed by atoms with E-state index >= 15 is 0 Å². The van der Waals surface area contributed by atoms with Gasteiger partial charge in [-0.2, -0.15) is 0 Å². The van der Waals surface area contributed by atoms with Crippen molar-refractivity contribution < 1.29 is 0 Å². The fraction of sp³-hybridized carbons (Fsp3) is 0.267. The molecular weight excluding hydrogens is 194 g/mol. The minimum Gasteiger partial charge on any atom is -0.248 e. The SMILES string of the molecule is CCC(C)/C=C/c1ccc2ccccc2n1. The Hall–Kier alpha value is -1.63. The van der Waals surface area contributed by atoms with Crippen LogP contribution in [0.2, 0.25) is 0 Å². The van der Waals surface area contributed by atoms with Gasteiger partial charge in [-0.3, -0.25) is 0 Å². The molecule has 0 aliphatic heterocycles. The Kier molecular flexibility index (Phi) is 3.35. The van der Waals surface area contributed by atoms with E-state index in [0.717, 1.165) is 11.2 Å². The minimum absolute atomic E-state index is 0.619. The first-order valence-electron chi connectivity index (χ1n) is 5.83. The molecule has 0 bridgehead atoms. The predicted octanol–water partition coefficient (Wildman–Crippen LogP) is 4.29. The van der Waals surface area contributed by atoms with Crippen LogP contribution < -0.4 is 0 Å². The quantitative estimate of drug-likeness (QED) is 0.737. The topological polar surface area (TPSA) is 12.9 Å². The van der Waals surface area contributed by atoms with Crippen LogP contribution in [0.5, 0.6) is 0 Å². The normalized spacial score (nSPS) is 13.4. The average molecular weight is 211 g/mol. The molecule has 16 heavy (non-hydrogen) atoms. The van der Waals surface area contributed by atoms with E-state index in [1.54, 1.807) is 0 Å². The number of aromatic nitrogens is 1. The summed E-state index contributed by atoms with van der Waals surface area (Å²) in [4.78, 5) is 4.59. The van der Waals surface area contributed by atoms with Crippen LogP contribution in [-0.2, 0) is 0 Å². The third-order valence-corrected chi connectivity index (χ3v) is 2.86. The van der Waals surface area contributed by atoms with Crippen LogP contribution in [0.3, 0.4) is 0 Å². The Morgan fingerprint density at radius 1 is 1.19 bits per heavy atom. The first-order valence-corrected chi connectivity index (χ1v) is 5.83. The highest BCUT2D eigenvalue weighted by Gasteiger charge is 1.95. The number of para-hydroxylation sites is 1. The summed E-state index contributed by atoms with van der Waals surface area (Å²) in [5.41, 5.74) is 2.10. The Balaban J connectivity index is 2.29. The zero-order valence-electron chi connectivity index (χ0n) is 9.85. The second kappa shape index (κ2) is 4.93. The zero-order chi connectivity index (χ0) is 11.4. The van der Waals surface area contributed by atoms with Gasteiger partial charge in [0.25, 0.3) is 0 Å². The molecule has 1 heteroatoms. The molecule has 0 aliphatic rings. The highest BCUT2D eigenvalue weighted by molar-refractivity contribution is 5.79. The van der Waals surface area contributed by atoms with Crippen molar-refractivity contribution in [3.05, 3.63) is 48.2 Å². The molecule has 0 spiro atoms. The number of allylic oxidation sites excluding steroid dienone is 1. The van der Waals surface area contributed by atoms with Crippen molar-refractivity contribution >= 4 is 17.0 Å². The van der Waals surface area contributed by atoms with Gasteiger partial charge in [0.15, 0.2) is 0 Å². The number of rotatable bonds is 3. The van der Waals surface area contributed by atoms with E-state index in [1.165, 1.54) is 11.8 Å². The van der Waals surface area contributed by atoms with Gasteiger partial charge in [0.05, 0.1) is 11.2 Å². The number of pyridine rings is 1. The summed E-state index contributed by atoms with van der Waals surface area (Å²) in [6, 6.07) is 12.4. The van der Waals surface area contributed by atoms with Crippen LogP contribution in [-0.4, -0.2) is 4.98 Å². The smallest absolute Gasteiger partial charge is 0.0709 e. The van der Waals surface area contributed by atoms with Crippen LogP contribution in [0.15, 0.2) is 42.5 Å². The lowest BCUT2D eigenvalue weighted by atomic mass is 10.1. The van der Waals surface area contributed by atoms with Crippen LogP contribution >= 0.6 is 0 Å². The predicted molar refractivity (Wildman–Crippen MR) is 70.2 cm³/mol. The summed E-state index contributed by atoms with van der Waals surface area (Å²) in [5, 5.41) is 1.20. The van der Waals surface area contributed by atoms with Crippen LogP contribution in [0.1, 0.15) is 26.0 Å². The first-order chi connectivity index (χ1) is 7.79. The van der Waals surface area contributed by atoms with Crippen LogP contribution in [0, 0.1) is 5.92 Å². The van der Waals surface area contributed by atoms with E-state index in [1.807, 2.05) is 12.1 Å². The summed E-state index contributed by atoms with van der Waals surface area (Å²) in [7, 11) is 0.